The molecule has 0 aromatic heterocycles. The molecule has 0 heterocycles. The summed E-state index contributed by atoms with van der Waals surface area (Å²) >= 11 is 0. The number of hydrogen-bond acceptors (Lipinski definition) is 3. The summed E-state index contributed by atoms with van der Waals surface area (Å²) in [6.45, 7) is -0.441. The average molecular weight is 122 g/mol. The number of aliphatic hydroxyl groups is 2. The second-order valence-corrected chi connectivity index (χ2v) is 2.07. The fourth-order valence-electron chi connectivity index (χ4n) is 0.124. The zero-order chi connectivity index (χ0) is 5.70. The van der Waals surface area contributed by atoms with Crippen LogP contribution in [0, 0.1) is 0 Å². The lowest BCUT2D eigenvalue weighted by atomic mass is 10.5. The fourth-order valence-corrected chi connectivity index (χ4v) is 0.258. The number of rotatable bonds is 3. The standard InChI is InChI=1S/C3H7O3P/c4-1-3(2-5)7-6/h3-5H,1-2H2. The van der Waals surface area contributed by atoms with Gasteiger partial charge in [0.2, 0.25) is 0 Å². The van der Waals surface area contributed by atoms with Crippen LogP contribution in [-0.2, 0) is 4.57 Å². The molecule has 0 aromatic rings. The van der Waals surface area contributed by atoms with Crippen molar-refractivity contribution in [2.24, 2.45) is 0 Å². The van der Waals surface area contributed by atoms with Crippen molar-refractivity contribution in [2.75, 3.05) is 13.2 Å². The van der Waals surface area contributed by atoms with Crippen molar-refractivity contribution in [3.05, 3.63) is 0 Å². The Hall–Kier alpha value is 0.0200. The summed E-state index contributed by atoms with van der Waals surface area (Å²) < 4.78 is 9.74. The van der Waals surface area contributed by atoms with E-state index in [-0.39, 0.29) is 21.7 Å². The van der Waals surface area contributed by atoms with Crippen LogP contribution in [0.25, 0.3) is 0 Å². The topological polar surface area (TPSA) is 57.5 Å². The Morgan fingerprint density at radius 1 is 1.43 bits per heavy atom. The zero-order valence-corrected chi connectivity index (χ0v) is 4.64. The average Bonchev–Trinajstić information content (AvgIpc) is 1.72. The molecule has 0 saturated heterocycles. The molecule has 0 atom stereocenters. The Morgan fingerprint density at radius 2 is 1.86 bits per heavy atom. The molecule has 3 nitrogen and oxygen atoms in total. The van der Waals surface area contributed by atoms with E-state index in [1.165, 1.54) is 0 Å². The zero-order valence-electron chi connectivity index (χ0n) is 3.74. The summed E-state index contributed by atoms with van der Waals surface area (Å²) in [6, 6.07) is 0. The van der Waals surface area contributed by atoms with Crippen molar-refractivity contribution in [3.63, 3.8) is 0 Å². The number of aliphatic hydroxyl groups excluding tert-OH is 2. The van der Waals surface area contributed by atoms with Gasteiger partial charge < -0.3 is 10.2 Å². The third kappa shape index (κ3) is 2.68. The Labute approximate surface area is 43.2 Å². The van der Waals surface area contributed by atoms with E-state index >= 15 is 0 Å². The minimum atomic E-state index is -0.486. The van der Waals surface area contributed by atoms with Gasteiger partial charge in [0, 0.05) is 0 Å². The van der Waals surface area contributed by atoms with Gasteiger partial charge in [-0.2, -0.15) is 0 Å². The monoisotopic (exact) mass is 122 g/mol. The highest BCUT2D eigenvalue weighted by molar-refractivity contribution is 7.24. The molecule has 0 amide bonds. The number of hydrogen-bond donors (Lipinski definition) is 2. The molecule has 0 radical (unpaired) electrons. The Morgan fingerprint density at radius 3 is 1.86 bits per heavy atom. The minimum absolute atomic E-state index is 0.191. The van der Waals surface area contributed by atoms with Crippen molar-refractivity contribution in [2.45, 2.75) is 5.66 Å². The lowest BCUT2D eigenvalue weighted by Crippen LogP contribution is -2.08. The SMILES string of the molecule is O=PC(CO)CO. The third-order valence-corrected chi connectivity index (χ3v) is 1.20. The third-order valence-electron chi connectivity index (χ3n) is 0.571. The van der Waals surface area contributed by atoms with Crippen LogP contribution in [-0.4, -0.2) is 29.1 Å². The molecule has 0 bridgehead atoms. The van der Waals surface area contributed by atoms with E-state index in [4.69, 9.17) is 10.2 Å². The maximum atomic E-state index is 9.74. The molecule has 2 N–H and O–H groups in total. The lowest BCUT2D eigenvalue weighted by molar-refractivity contribution is 0.226. The van der Waals surface area contributed by atoms with Gasteiger partial charge in [0.25, 0.3) is 0 Å². The highest BCUT2D eigenvalue weighted by atomic mass is 31.1. The van der Waals surface area contributed by atoms with Gasteiger partial charge in [-0.3, -0.25) is 4.57 Å². The first-order valence-electron chi connectivity index (χ1n) is 1.89. The second-order valence-electron chi connectivity index (χ2n) is 1.12. The van der Waals surface area contributed by atoms with Crippen LogP contribution < -0.4 is 0 Å². The fraction of sp³-hybridized carbons (Fsp3) is 1.00. The summed E-state index contributed by atoms with van der Waals surface area (Å²) in [6.07, 6.45) is 0. The van der Waals surface area contributed by atoms with Gasteiger partial charge in [-0.15, -0.1) is 0 Å². The molecule has 0 fully saturated rings. The molecule has 0 aromatic carbocycles. The highest BCUT2D eigenvalue weighted by Gasteiger charge is 2.01. The Balaban J connectivity index is 3.16. The van der Waals surface area contributed by atoms with Crippen LogP contribution in [0.5, 0.6) is 0 Å². The van der Waals surface area contributed by atoms with Crippen LogP contribution >= 0.6 is 8.46 Å². The maximum Gasteiger partial charge on any atom is 0.163 e. The van der Waals surface area contributed by atoms with Crippen molar-refractivity contribution in [1.82, 2.24) is 0 Å². The van der Waals surface area contributed by atoms with Gasteiger partial charge in [0.05, 0.1) is 18.9 Å². The predicted molar refractivity (Wildman–Crippen MR) is 25.6 cm³/mol. The Kier molecular flexibility index (Phi) is 4.20. The molecule has 0 unspecified atom stereocenters. The Bertz CT molecular complexity index is 52.1. The van der Waals surface area contributed by atoms with Gasteiger partial charge in [-0.05, 0) is 0 Å². The van der Waals surface area contributed by atoms with E-state index in [2.05, 4.69) is 0 Å². The molecule has 7 heavy (non-hydrogen) atoms. The van der Waals surface area contributed by atoms with Crippen molar-refractivity contribution < 1.29 is 14.8 Å². The van der Waals surface area contributed by atoms with Crippen molar-refractivity contribution >= 4 is 8.46 Å². The first kappa shape index (κ1) is 7.02. The molecule has 0 saturated carbocycles. The van der Waals surface area contributed by atoms with Crippen LogP contribution in [0.1, 0.15) is 0 Å². The molecule has 4 heteroatoms. The van der Waals surface area contributed by atoms with E-state index in [1.54, 1.807) is 0 Å². The largest absolute Gasteiger partial charge is 0.395 e. The predicted octanol–water partition coefficient (Wildman–Crippen LogP) is -0.369. The molecule has 0 rings (SSSR count). The van der Waals surface area contributed by atoms with E-state index in [0.717, 1.165) is 0 Å². The molecule has 0 aliphatic rings. The molecular formula is C3H7O3P. The van der Waals surface area contributed by atoms with Crippen LogP contribution in [0.15, 0.2) is 0 Å². The van der Waals surface area contributed by atoms with Gasteiger partial charge in [-0.1, -0.05) is 0 Å². The van der Waals surface area contributed by atoms with Gasteiger partial charge >= 0.3 is 0 Å². The summed E-state index contributed by atoms with van der Waals surface area (Å²) in [5.41, 5.74) is -0.486. The van der Waals surface area contributed by atoms with Crippen LogP contribution in [0.2, 0.25) is 0 Å². The van der Waals surface area contributed by atoms with E-state index < -0.39 is 5.66 Å². The highest BCUT2D eigenvalue weighted by Crippen LogP contribution is 2.01. The second kappa shape index (κ2) is 4.19. The molecular weight excluding hydrogens is 115 g/mol. The minimum Gasteiger partial charge on any atom is -0.395 e. The van der Waals surface area contributed by atoms with Gasteiger partial charge in [0.1, 0.15) is 0 Å². The van der Waals surface area contributed by atoms with Gasteiger partial charge in [-0.25, -0.2) is 0 Å². The van der Waals surface area contributed by atoms with Crippen molar-refractivity contribution in [3.8, 4) is 0 Å². The van der Waals surface area contributed by atoms with Crippen molar-refractivity contribution in [1.29, 1.82) is 0 Å². The summed E-state index contributed by atoms with van der Waals surface area (Å²) in [4.78, 5) is 0. The van der Waals surface area contributed by atoms with Crippen LogP contribution in [0.4, 0.5) is 0 Å². The van der Waals surface area contributed by atoms with E-state index in [9.17, 15) is 4.57 Å². The summed E-state index contributed by atoms with van der Waals surface area (Å²) in [7, 11) is -0.191. The first-order valence-corrected chi connectivity index (χ1v) is 2.77. The molecule has 0 aliphatic carbocycles. The smallest absolute Gasteiger partial charge is 0.163 e. The lowest BCUT2D eigenvalue weighted by Gasteiger charge is -1.94. The molecule has 0 spiro atoms. The quantitative estimate of drug-likeness (QED) is 0.502. The van der Waals surface area contributed by atoms with Crippen LogP contribution in [0.3, 0.4) is 0 Å². The van der Waals surface area contributed by atoms with E-state index in [1.807, 2.05) is 0 Å². The van der Waals surface area contributed by atoms with Gasteiger partial charge in [0.15, 0.2) is 8.46 Å². The normalized spacial score (nSPS) is 10.7. The molecule has 42 valence electrons. The maximum absolute atomic E-state index is 9.74. The summed E-state index contributed by atoms with van der Waals surface area (Å²) in [5, 5.41) is 16.3. The van der Waals surface area contributed by atoms with E-state index in [0.29, 0.717) is 0 Å². The first-order chi connectivity index (χ1) is 3.35. The molecule has 0 aliphatic heterocycles. The summed E-state index contributed by atoms with van der Waals surface area (Å²) in [5.74, 6) is 0.